The summed E-state index contributed by atoms with van der Waals surface area (Å²) in [6, 6.07) is 2.34. The van der Waals surface area contributed by atoms with Crippen LogP contribution in [0, 0.1) is 17.2 Å². The number of nitrogens with one attached hydrogen (secondary N) is 1. The predicted molar refractivity (Wildman–Crippen MR) is 55.7 cm³/mol. The van der Waals surface area contributed by atoms with Gasteiger partial charge < -0.3 is 5.11 Å². The van der Waals surface area contributed by atoms with Gasteiger partial charge in [-0.3, -0.25) is 5.32 Å². The standard InChI is InChI=1S/C11H20N2O/c1-11(9-12,13-6-3-7-14)8-10-4-2-5-10/h10,13-14H,2-8H2,1H3. The summed E-state index contributed by atoms with van der Waals surface area (Å²) in [6.45, 7) is 2.88. The first-order valence-corrected chi connectivity index (χ1v) is 5.47. The second-order valence-corrected chi connectivity index (χ2v) is 4.45. The minimum Gasteiger partial charge on any atom is -0.396 e. The fourth-order valence-corrected chi connectivity index (χ4v) is 1.87. The normalized spacial score (nSPS) is 20.9. The highest BCUT2D eigenvalue weighted by molar-refractivity contribution is 5.05. The SMILES string of the molecule is CC(C#N)(CC1CCC1)NCCCO. The van der Waals surface area contributed by atoms with E-state index in [0.717, 1.165) is 25.3 Å². The number of rotatable bonds is 6. The molecule has 0 heterocycles. The van der Waals surface area contributed by atoms with E-state index in [1.54, 1.807) is 0 Å². The molecular formula is C11H20N2O. The minimum atomic E-state index is -0.389. The van der Waals surface area contributed by atoms with Crippen molar-refractivity contribution in [1.29, 1.82) is 5.26 Å². The van der Waals surface area contributed by atoms with E-state index < -0.39 is 0 Å². The zero-order valence-corrected chi connectivity index (χ0v) is 8.92. The summed E-state index contributed by atoms with van der Waals surface area (Å²) < 4.78 is 0. The van der Waals surface area contributed by atoms with Crippen molar-refractivity contribution >= 4 is 0 Å². The van der Waals surface area contributed by atoms with Gasteiger partial charge in [-0.25, -0.2) is 0 Å². The van der Waals surface area contributed by atoms with Crippen molar-refractivity contribution < 1.29 is 5.11 Å². The predicted octanol–water partition coefficient (Wildman–Crippen LogP) is 1.43. The average Bonchev–Trinajstić information content (AvgIpc) is 2.12. The van der Waals surface area contributed by atoms with E-state index >= 15 is 0 Å². The van der Waals surface area contributed by atoms with E-state index in [9.17, 15) is 0 Å². The molecule has 1 rings (SSSR count). The van der Waals surface area contributed by atoms with Gasteiger partial charge in [0.05, 0.1) is 6.07 Å². The molecule has 0 aromatic heterocycles. The van der Waals surface area contributed by atoms with Gasteiger partial charge in [-0.05, 0) is 32.2 Å². The quantitative estimate of drug-likeness (QED) is 0.632. The Morgan fingerprint density at radius 1 is 1.57 bits per heavy atom. The molecule has 1 unspecified atom stereocenters. The van der Waals surface area contributed by atoms with Crippen LogP contribution in [0.25, 0.3) is 0 Å². The van der Waals surface area contributed by atoms with Crippen molar-refractivity contribution in [2.45, 2.75) is 44.6 Å². The Bertz CT molecular complexity index is 208. The summed E-state index contributed by atoms with van der Waals surface area (Å²) in [5, 5.41) is 21.0. The third-order valence-electron chi connectivity index (χ3n) is 3.02. The summed E-state index contributed by atoms with van der Waals surface area (Å²) in [5.41, 5.74) is -0.389. The van der Waals surface area contributed by atoms with Crippen molar-refractivity contribution in [2.24, 2.45) is 5.92 Å². The first-order valence-electron chi connectivity index (χ1n) is 5.47. The van der Waals surface area contributed by atoms with Crippen LogP contribution in [0.2, 0.25) is 0 Å². The van der Waals surface area contributed by atoms with Crippen molar-refractivity contribution in [3.05, 3.63) is 0 Å². The maximum atomic E-state index is 9.08. The lowest BCUT2D eigenvalue weighted by Gasteiger charge is -2.33. The summed E-state index contributed by atoms with van der Waals surface area (Å²) >= 11 is 0. The van der Waals surface area contributed by atoms with Gasteiger partial charge in [-0.1, -0.05) is 19.3 Å². The molecule has 0 radical (unpaired) electrons. The highest BCUT2D eigenvalue weighted by atomic mass is 16.3. The summed E-state index contributed by atoms with van der Waals surface area (Å²) in [5.74, 6) is 0.737. The third kappa shape index (κ3) is 3.28. The first kappa shape index (κ1) is 11.5. The number of hydrogen-bond acceptors (Lipinski definition) is 3. The Morgan fingerprint density at radius 2 is 2.29 bits per heavy atom. The molecule has 2 N–H and O–H groups in total. The molecule has 1 aliphatic rings. The van der Waals surface area contributed by atoms with Gasteiger partial charge in [0, 0.05) is 6.61 Å². The van der Waals surface area contributed by atoms with Gasteiger partial charge in [-0.15, -0.1) is 0 Å². The van der Waals surface area contributed by atoms with Crippen molar-refractivity contribution in [3.63, 3.8) is 0 Å². The second-order valence-electron chi connectivity index (χ2n) is 4.45. The Balaban J connectivity index is 2.28. The molecule has 0 aliphatic heterocycles. The van der Waals surface area contributed by atoms with Gasteiger partial charge in [0.2, 0.25) is 0 Å². The maximum Gasteiger partial charge on any atom is 0.104 e. The van der Waals surface area contributed by atoms with Crippen LogP contribution in [0.5, 0.6) is 0 Å². The van der Waals surface area contributed by atoms with Gasteiger partial charge >= 0.3 is 0 Å². The van der Waals surface area contributed by atoms with Crippen LogP contribution in [0.1, 0.15) is 39.0 Å². The second kappa shape index (κ2) is 5.33. The fraction of sp³-hybridized carbons (Fsp3) is 0.909. The molecule has 0 amide bonds. The van der Waals surface area contributed by atoms with E-state index in [1.807, 2.05) is 6.92 Å². The van der Waals surface area contributed by atoms with Gasteiger partial charge in [-0.2, -0.15) is 5.26 Å². The van der Waals surface area contributed by atoms with Crippen LogP contribution in [0.15, 0.2) is 0 Å². The summed E-state index contributed by atoms with van der Waals surface area (Å²) in [7, 11) is 0. The lowest BCUT2D eigenvalue weighted by atomic mass is 9.77. The van der Waals surface area contributed by atoms with Crippen LogP contribution >= 0.6 is 0 Å². The lowest BCUT2D eigenvalue weighted by Crippen LogP contribution is -2.44. The highest BCUT2D eigenvalue weighted by Crippen LogP contribution is 2.33. The Morgan fingerprint density at radius 3 is 2.71 bits per heavy atom. The molecule has 3 nitrogen and oxygen atoms in total. The number of hydrogen-bond donors (Lipinski definition) is 2. The smallest absolute Gasteiger partial charge is 0.104 e. The number of aliphatic hydroxyl groups excluding tert-OH is 1. The van der Waals surface area contributed by atoms with Gasteiger partial charge in [0.25, 0.3) is 0 Å². The van der Waals surface area contributed by atoms with E-state index in [4.69, 9.17) is 10.4 Å². The topological polar surface area (TPSA) is 56.0 Å². The largest absolute Gasteiger partial charge is 0.396 e. The van der Waals surface area contributed by atoms with E-state index in [2.05, 4.69) is 11.4 Å². The molecule has 80 valence electrons. The van der Waals surface area contributed by atoms with Crippen molar-refractivity contribution in [1.82, 2.24) is 5.32 Å². The van der Waals surface area contributed by atoms with Crippen LogP contribution in [-0.4, -0.2) is 23.8 Å². The van der Waals surface area contributed by atoms with Crippen LogP contribution in [0.3, 0.4) is 0 Å². The minimum absolute atomic E-state index is 0.192. The number of nitriles is 1. The molecule has 1 aliphatic carbocycles. The van der Waals surface area contributed by atoms with E-state index in [1.165, 1.54) is 19.3 Å². The van der Waals surface area contributed by atoms with E-state index in [-0.39, 0.29) is 12.1 Å². The molecule has 1 saturated carbocycles. The highest BCUT2D eigenvalue weighted by Gasteiger charge is 2.30. The number of aliphatic hydroxyl groups is 1. The number of nitrogens with zero attached hydrogens (tertiary/aromatic N) is 1. The van der Waals surface area contributed by atoms with Crippen molar-refractivity contribution in [2.75, 3.05) is 13.2 Å². The third-order valence-corrected chi connectivity index (χ3v) is 3.02. The lowest BCUT2D eigenvalue weighted by molar-refractivity contribution is 0.229. The van der Waals surface area contributed by atoms with Crippen LogP contribution in [0.4, 0.5) is 0 Å². The molecule has 14 heavy (non-hydrogen) atoms. The molecule has 0 saturated heterocycles. The van der Waals surface area contributed by atoms with Crippen molar-refractivity contribution in [3.8, 4) is 6.07 Å². The molecule has 1 atom stereocenters. The molecule has 0 aromatic rings. The molecule has 1 fully saturated rings. The summed E-state index contributed by atoms with van der Waals surface area (Å²) in [6.07, 6.45) is 5.55. The van der Waals surface area contributed by atoms with Gasteiger partial charge in [0.1, 0.15) is 5.54 Å². The van der Waals surface area contributed by atoms with E-state index in [0.29, 0.717) is 0 Å². The molecule has 3 heteroatoms. The maximum absolute atomic E-state index is 9.08. The molecule has 0 bridgehead atoms. The van der Waals surface area contributed by atoms with Crippen LogP contribution in [-0.2, 0) is 0 Å². The Kier molecular flexibility index (Phi) is 4.37. The molecule has 0 aromatic carbocycles. The monoisotopic (exact) mass is 196 g/mol. The van der Waals surface area contributed by atoms with Gasteiger partial charge in [0.15, 0.2) is 0 Å². The Hall–Kier alpha value is -0.590. The zero-order chi connectivity index (χ0) is 10.4. The molecule has 0 spiro atoms. The first-order chi connectivity index (χ1) is 6.70. The Labute approximate surface area is 86.1 Å². The van der Waals surface area contributed by atoms with Crippen LogP contribution < -0.4 is 5.32 Å². The fourth-order valence-electron chi connectivity index (χ4n) is 1.87. The average molecular weight is 196 g/mol. The molecular weight excluding hydrogens is 176 g/mol. The zero-order valence-electron chi connectivity index (χ0n) is 8.92. The summed E-state index contributed by atoms with van der Waals surface area (Å²) in [4.78, 5) is 0.